The Morgan fingerprint density at radius 2 is 1.86 bits per heavy atom. The highest BCUT2D eigenvalue weighted by atomic mass is 35.5. The van der Waals surface area contributed by atoms with E-state index in [-0.39, 0.29) is 11.3 Å². The number of ether oxygens (including phenoxy) is 1. The van der Waals surface area contributed by atoms with Crippen molar-refractivity contribution in [2.24, 2.45) is 0 Å². The molecule has 35 heavy (non-hydrogen) atoms. The van der Waals surface area contributed by atoms with Gasteiger partial charge in [-0.2, -0.15) is 0 Å². The largest absolute Gasteiger partial charge is 0.503 e. The first-order chi connectivity index (χ1) is 16.8. The van der Waals surface area contributed by atoms with Crippen molar-refractivity contribution in [3.05, 3.63) is 105 Å². The van der Waals surface area contributed by atoms with Crippen LogP contribution < -0.4 is 9.64 Å². The second-order valence-electron chi connectivity index (χ2n) is 8.17. The summed E-state index contributed by atoms with van der Waals surface area (Å²) in [6, 6.07) is 17.7. The van der Waals surface area contributed by atoms with Gasteiger partial charge in [-0.15, -0.1) is 0 Å². The van der Waals surface area contributed by atoms with Crippen LogP contribution in [0, 0.1) is 6.92 Å². The zero-order valence-corrected chi connectivity index (χ0v) is 20.2. The van der Waals surface area contributed by atoms with Gasteiger partial charge in [-0.1, -0.05) is 41.4 Å². The predicted molar refractivity (Wildman–Crippen MR) is 135 cm³/mol. The number of halogens is 2. The summed E-state index contributed by atoms with van der Waals surface area (Å²) in [5, 5.41) is 12.5. The molecule has 1 aliphatic heterocycles. The highest BCUT2D eigenvalue weighted by Crippen LogP contribution is 2.43. The Bertz CT molecular complexity index is 1540. The summed E-state index contributed by atoms with van der Waals surface area (Å²) >= 11 is 12.4. The standard InChI is InChI=1S/C27H19Cl2NO5/c1-14-6-8-18(13-20(14)29)30-24(15-4-3-5-19(11-15)34-2)23(26(32)27(30)33)25(31)22-12-16-10-17(28)7-9-21(16)35-22/h3-13,24,32H,1-2H3. The van der Waals surface area contributed by atoms with E-state index in [4.69, 9.17) is 32.4 Å². The first kappa shape index (κ1) is 23.0. The molecule has 1 atom stereocenters. The first-order valence-corrected chi connectivity index (χ1v) is 11.4. The molecule has 0 saturated heterocycles. The van der Waals surface area contributed by atoms with Gasteiger partial charge in [-0.25, -0.2) is 0 Å². The Morgan fingerprint density at radius 3 is 2.60 bits per heavy atom. The summed E-state index contributed by atoms with van der Waals surface area (Å²) in [6.45, 7) is 1.84. The number of benzene rings is 3. The molecule has 1 N–H and O–H groups in total. The van der Waals surface area contributed by atoms with Gasteiger partial charge in [0.2, 0.25) is 5.78 Å². The van der Waals surface area contributed by atoms with Gasteiger partial charge in [0, 0.05) is 21.1 Å². The lowest BCUT2D eigenvalue weighted by molar-refractivity contribution is -0.117. The zero-order chi connectivity index (χ0) is 24.9. The molecular weight excluding hydrogens is 489 g/mol. The van der Waals surface area contributed by atoms with Gasteiger partial charge in [0.1, 0.15) is 11.3 Å². The molecular formula is C27H19Cl2NO5. The number of ketones is 1. The molecule has 1 aliphatic rings. The summed E-state index contributed by atoms with van der Waals surface area (Å²) in [7, 11) is 1.52. The van der Waals surface area contributed by atoms with Gasteiger partial charge in [-0.05, 0) is 66.6 Å². The van der Waals surface area contributed by atoms with Crippen molar-refractivity contribution in [1.82, 2.24) is 0 Å². The number of nitrogens with zero attached hydrogens (tertiary/aromatic N) is 1. The van der Waals surface area contributed by atoms with Gasteiger partial charge >= 0.3 is 0 Å². The normalized spacial score (nSPS) is 15.8. The van der Waals surface area contributed by atoms with Gasteiger partial charge in [-0.3, -0.25) is 14.5 Å². The number of furan rings is 1. The third kappa shape index (κ3) is 3.95. The average molecular weight is 508 g/mol. The van der Waals surface area contributed by atoms with Crippen molar-refractivity contribution >= 4 is 51.5 Å². The maximum Gasteiger partial charge on any atom is 0.294 e. The number of carbonyl (C=O) groups is 2. The zero-order valence-electron chi connectivity index (χ0n) is 18.7. The molecule has 0 aliphatic carbocycles. The van der Waals surface area contributed by atoms with Crippen LogP contribution in [0.15, 0.2) is 82.5 Å². The maximum atomic E-state index is 13.7. The van der Waals surface area contributed by atoms with E-state index in [1.807, 2.05) is 6.92 Å². The van der Waals surface area contributed by atoms with Crippen LogP contribution in [0.25, 0.3) is 11.0 Å². The molecule has 5 rings (SSSR count). The van der Waals surface area contributed by atoms with Crippen molar-refractivity contribution in [3.63, 3.8) is 0 Å². The van der Waals surface area contributed by atoms with Crippen molar-refractivity contribution in [1.29, 1.82) is 0 Å². The summed E-state index contributed by atoms with van der Waals surface area (Å²) < 4.78 is 11.1. The molecule has 0 radical (unpaired) electrons. The molecule has 1 aromatic heterocycles. The lowest BCUT2D eigenvalue weighted by atomic mass is 9.94. The second kappa shape index (κ2) is 8.80. The van der Waals surface area contributed by atoms with E-state index in [9.17, 15) is 14.7 Å². The van der Waals surface area contributed by atoms with Crippen molar-refractivity contribution in [2.45, 2.75) is 13.0 Å². The quantitative estimate of drug-likeness (QED) is 0.299. The van der Waals surface area contributed by atoms with Crippen LogP contribution >= 0.6 is 23.2 Å². The lowest BCUT2D eigenvalue weighted by Crippen LogP contribution is -2.31. The third-order valence-corrected chi connectivity index (χ3v) is 6.64. The Hall–Kier alpha value is -3.74. The summed E-state index contributed by atoms with van der Waals surface area (Å²) in [6.07, 6.45) is 0. The smallest absolute Gasteiger partial charge is 0.294 e. The number of amides is 1. The average Bonchev–Trinajstić information content (AvgIpc) is 3.39. The van der Waals surface area contributed by atoms with E-state index in [1.165, 1.54) is 12.0 Å². The van der Waals surface area contributed by atoms with Crippen LogP contribution in [0.5, 0.6) is 5.75 Å². The Balaban J connectivity index is 1.68. The monoisotopic (exact) mass is 507 g/mol. The number of hydrogen-bond donors (Lipinski definition) is 1. The third-order valence-electron chi connectivity index (χ3n) is 6.00. The van der Waals surface area contributed by atoms with Gasteiger partial charge in [0.05, 0.1) is 18.7 Å². The van der Waals surface area contributed by atoms with Crippen LogP contribution in [-0.2, 0) is 4.79 Å². The minimum atomic E-state index is -0.944. The number of anilines is 1. The summed E-state index contributed by atoms with van der Waals surface area (Å²) in [5.74, 6) is -1.48. The van der Waals surface area contributed by atoms with E-state index in [0.29, 0.717) is 38.0 Å². The SMILES string of the molecule is COc1cccc(C2C(C(=O)c3cc4cc(Cl)ccc4o3)=C(O)C(=O)N2c2ccc(C)c(Cl)c2)c1. The number of rotatable bonds is 5. The van der Waals surface area contributed by atoms with Crippen molar-refractivity contribution in [3.8, 4) is 5.75 Å². The summed E-state index contributed by atoms with van der Waals surface area (Å²) in [5.41, 5.74) is 2.19. The van der Waals surface area contributed by atoms with E-state index >= 15 is 0 Å². The van der Waals surface area contributed by atoms with E-state index in [2.05, 4.69) is 0 Å². The van der Waals surface area contributed by atoms with Crippen LogP contribution in [0.1, 0.15) is 27.7 Å². The fraction of sp³-hybridized carbons (Fsp3) is 0.111. The fourth-order valence-electron chi connectivity index (χ4n) is 4.22. The number of aryl methyl sites for hydroxylation is 1. The number of methoxy groups -OCH3 is 1. The van der Waals surface area contributed by atoms with Crippen LogP contribution in [0.4, 0.5) is 5.69 Å². The van der Waals surface area contributed by atoms with Crippen LogP contribution in [0.2, 0.25) is 10.0 Å². The number of carbonyl (C=O) groups excluding carboxylic acids is 2. The number of aliphatic hydroxyl groups is 1. The summed E-state index contributed by atoms with van der Waals surface area (Å²) in [4.78, 5) is 28.4. The molecule has 2 heterocycles. The maximum absolute atomic E-state index is 13.7. The van der Waals surface area contributed by atoms with E-state index in [0.717, 1.165) is 5.56 Å². The van der Waals surface area contributed by atoms with Crippen molar-refractivity contribution < 1.29 is 23.8 Å². The van der Waals surface area contributed by atoms with Crippen LogP contribution in [0.3, 0.4) is 0 Å². The molecule has 0 bridgehead atoms. The molecule has 0 saturated carbocycles. The van der Waals surface area contributed by atoms with Gasteiger partial charge in [0.25, 0.3) is 5.91 Å². The highest BCUT2D eigenvalue weighted by Gasteiger charge is 2.45. The lowest BCUT2D eigenvalue weighted by Gasteiger charge is -2.27. The number of aliphatic hydroxyl groups excluding tert-OH is 1. The molecule has 1 unspecified atom stereocenters. The number of fused-ring (bicyclic) bond motifs is 1. The van der Waals surface area contributed by atoms with Gasteiger partial charge in [0.15, 0.2) is 11.5 Å². The minimum absolute atomic E-state index is 0.0201. The van der Waals surface area contributed by atoms with E-state index in [1.54, 1.807) is 66.7 Å². The fourth-order valence-corrected chi connectivity index (χ4v) is 4.58. The molecule has 0 spiro atoms. The first-order valence-electron chi connectivity index (χ1n) is 10.7. The van der Waals surface area contributed by atoms with Crippen LogP contribution in [-0.4, -0.2) is 23.9 Å². The molecule has 6 nitrogen and oxygen atoms in total. The van der Waals surface area contributed by atoms with Gasteiger partial charge < -0.3 is 14.3 Å². The molecule has 0 fully saturated rings. The van der Waals surface area contributed by atoms with Crippen molar-refractivity contribution in [2.75, 3.05) is 12.0 Å². The Labute approximate surface area is 210 Å². The van der Waals surface area contributed by atoms with E-state index < -0.39 is 23.5 Å². The predicted octanol–water partition coefficient (Wildman–Crippen LogP) is 6.84. The molecule has 1 amide bonds. The number of Topliss-reactive ketones (excluding diaryl/α,β-unsaturated/α-hetero) is 1. The Kier molecular flexibility index (Phi) is 5.79. The second-order valence-corrected chi connectivity index (χ2v) is 9.02. The molecule has 8 heteroatoms. The molecule has 3 aromatic carbocycles. The molecule has 176 valence electrons. The Morgan fingerprint density at radius 1 is 1.06 bits per heavy atom. The topological polar surface area (TPSA) is 80.0 Å². The highest BCUT2D eigenvalue weighted by molar-refractivity contribution is 6.32. The molecule has 4 aromatic rings. The number of hydrogen-bond acceptors (Lipinski definition) is 5. The minimum Gasteiger partial charge on any atom is -0.503 e.